The van der Waals surface area contributed by atoms with E-state index in [1.807, 2.05) is 0 Å². The molecule has 0 radical (unpaired) electrons. The highest BCUT2D eigenvalue weighted by molar-refractivity contribution is 6.10. The van der Waals surface area contributed by atoms with Crippen LogP contribution in [0.15, 0.2) is 35.6 Å². The molecule has 2 unspecified atom stereocenters. The van der Waals surface area contributed by atoms with Crippen molar-refractivity contribution < 1.29 is 24.5 Å². The molecular formula is C20H25NO5. The highest BCUT2D eigenvalue weighted by Gasteiger charge is 2.46. The molecule has 3 rings (SSSR count). The molecule has 2 aliphatic rings. The lowest BCUT2D eigenvalue weighted by Gasteiger charge is -2.30. The molecule has 2 heterocycles. The summed E-state index contributed by atoms with van der Waals surface area (Å²) in [5, 5.41) is 20.1. The summed E-state index contributed by atoms with van der Waals surface area (Å²) in [6.45, 7) is 6.25. The van der Waals surface area contributed by atoms with Crippen LogP contribution in [0.3, 0.4) is 0 Å². The minimum Gasteiger partial charge on any atom is -0.508 e. The molecule has 2 aliphatic heterocycles. The molecule has 0 saturated carbocycles. The molecule has 26 heavy (non-hydrogen) atoms. The van der Waals surface area contributed by atoms with E-state index in [4.69, 9.17) is 4.74 Å². The van der Waals surface area contributed by atoms with E-state index >= 15 is 0 Å². The van der Waals surface area contributed by atoms with Crippen molar-refractivity contribution in [3.05, 3.63) is 41.2 Å². The van der Waals surface area contributed by atoms with Gasteiger partial charge in [-0.2, -0.15) is 0 Å². The maximum Gasteiger partial charge on any atom is 0.290 e. The first-order valence-corrected chi connectivity index (χ1v) is 8.89. The van der Waals surface area contributed by atoms with Crippen LogP contribution < -0.4 is 0 Å². The summed E-state index contributed by atoms with van der Waals surface area (Å²) >= 11 is 0. The number of aliphatic hydroxyl groups is 1. The number of aromatic hydroxyl groups is 1. The van der Waals surface area contributed by atoms with Crippen molar-refractivity contribution in [2.45, 2.75) is 45.8 Å². The number of carbonyl (C=O) groups is 2. The first-order chi connectivity index (χ1) is 12.2. The average molecular weight is 359 g/mol. The summed E-state index contributed by atoms with van der Waals surface area (Å²) in [7, 11) is 0. The van der Waals surface area contributed by atoms with Crippen LogP contribution in [0.2, 0.25) is 0 Å². The van der Waals surface area contributed by atoms with E-state index in [9.17, 15) is 19.8 Å². The molecule has 6 heteroatoms. The minimum atomic E-state index is -0.737. The van der Waals surface area contributed by atoms with Gasteiger partial charge in [0.2, 0.25) is 0 Å². The third-order valence-electron chi connectivity index (χ3n) is 4.86. The third kappa shape index (κ3) is 3.33. The van der Waals surface area contributed by atoms with Gasteiger partial charge in [-0.25, -0.2) is 0 Å². The predicted molar refractivity (Wildman–Crippen MR) is 95.7 cm³/mol. The molecule has 1 aromatic carbocycles. The largest absolute Gasteiger partial charge is 0.508 e. The quantitative estimate of drug-likeness (QED) is 0.863. The van der Waals surface area contributed by atoms with Gasteiger partial charge in [-0.15, -0.1) is 0 Å². The normalized spacial score (nSPS) is 23.8. The third-order valence-corrected chi connectivity index (χ3v) is 4.86. The smallest absolute Gasteiger partial charge is 0.290 e. The number of nitrogens with zero attached hydrogens (tertiary/aromatic N) is 1. The van der Waals surface area contributed by atoms with Crippen LogP contribution >= 0.6 is 0 Å². The van der Waals surface area contributed by atoms with E-state index in [0.717, 1.165) is 12.8 Å². The number of rotatable bonds is 4. The molecule has 140 valence electrons. The molecular weight excluding hydrogens is 334 g/mol. The lowest BCUT2D eigenvalue weighted by Crippen LogP contribution is -2.38. The summed E-state index contributed by atoms with van der Waals surface area (Å²) in [6.07, 6.45) is 1.68. The van der Waals surface area contributed by atoms with Crippen molar-refractivity contribution in [1.82, 2.24) is 4.90 Å². The van der Waals surface area contributed by atoms with Crippen molar-refractivity contribution in [3.8, 4) is 5.75 Å². The molecule has 1 saturated heterocycles. The van der Waals surface area contributed by atoms with Gasteiger partial charge < -0.3 is 19.8 Å². The number of hydrogen-bond acceptors (Lipinski definition) is 5. The summed E-state index contributed by atoms with van der Waals surface area (Å²) < 4.78 is 5.65. The Morgan fingerprint density at radius 3 is 2.42 bits per heavy atom. The van der Waals surface area contributed by atoms with Crippen molar-refractivity contribution in [3.63, 3.8) is 0 Å². The Morgan fingerprint density at radius 1 is 1.23 bits per heavy atom. The molecule has 1 amide bonds. The molecule has 0 bridgehead atoms. The van der Waals surface area contributed by atoms with Crippen LogP contribution in [0.4, 0.5) is 0 Å². The minimum absolute atomic E-state index is 0.0978. The standard InChI is InChI=1S/C20H25NO5/c1-20(2,3)18(24)15-16(12-6-8-13(22)9-7-12)21(19(25)17(15)23)11-14-5-4-10-26-14/h6-9,14,16,22-23H,4-5,10-11H2,1-3H3. The SMILES string of the molecule is CC(C)(C)C(=O)C1=C(O)C(=O)N(CC2CCCO2)C1c1ccc(O)cc1. The second kappa shape index (κ2) is 6.76. The highest BCUT2D eigenvalue weighted by atomic mass is 16.5. The number of carbonyl (C=O) groups excluding carboxylic acids is 2. The fourth-order valence-electron chi connectivity index (χ4n) is 3.49. The Hall–Kier alpha value is -2.34. The van der Waals surface area contributed by atoms with Crippen LogP contribution in [-0.4, -0.2) is 46.1 Å². The van der Waals surface area contributed by atoms with Crippen molar-refractivity contribution >= 4 is 11.7 Å². The molecule has 1 aromatic rings. The maximum atomic E-state index is 13.0. The lowest BCUT2D eigenvalue weighted by atomic mass is 9.82. The Balaban J connectivity index is 2.03. The Bertz CT molecular complexity index is 738. The van der Waals surface area contributed by atoms with E-state index < -0.39 is 23.1 Å². The van der Waals surface area contributed by atoms with E-state index in [1.54, 1.807) is 32.9 Å². The number of benzene rings is 1. The van der Waals surface area contributed by atoms with Gasteiger partial charge in [-0.05, 0) is 30.5 Å². The van der Waals surface area contributed by atoms with Crippen molar-refractivity contribution in [2.24, 2.45) is 5.41 Å². The van der Waals surface area contributed by atoms with Crippen LogP contribution in [0, 0.1) is 5.41 Å². The second-order valence-corrected chi connectivity index (χ2v) is 7.93. The number of hydrogen-bond donors (Lipinski definition) is 2. The number of phenolic OH excluding ortho intramolecular Hbond substituents is 1. The van der Waals surface area contributed by atoms with Crippen LogP contribution in [0.5, 0.6) is 5.75 Å². The van der Waals surface area contributed by atoms with Gasteiger partial charge in [0.1, 0.15) is 5.75 Å². The number of aliphatic hydroxyl groups excluding tert-OH is 1. The van der Waals surface area contributed by atoms with Crippen LogP contribution in [0.25, 0.3) is 0 Å². The molecule has 1 fully saturated rings. The first kappa shape index (κ1) is 18.5. The van der Waals surface area contributed by atoms with Gasteiger partial charge in [-0.1, -0.05) is 32.9 Å². The van der Waals surface area contributed by atoms with Gasteiger partial charge in [0.25, 0.3) is 5.91 Å². The zero-order chi connectivity index (χ0) is 19.1. The topological polar surface area (TPSA) is 87.1 Å². The monoisotopic (exact) mass is 359 g/mol. The van der Waals surface area contributed by atoms with E-state index in [1.165, 1.54) is 17.0 Å². The van der Waals surface area contributed by atoms with Gasteiger partial charge in [-0.3, -0.25) is 9.59 Å². The number of amides is 1. The number of ether oxygens (including phenoxy) is 1. The van der Waals surface area contributed by atoms with Gasteiger partial charge in [0, 0.05) is 18.6 Å². The zero-order valence-electron chi connectivity index (χ0n) is 15.4. The van der Waals surface area contributed by atoms with E-state index in [-0.39, 0.29) is 23.2 Å². The molecule has 0 spiro atoms. The fraction of sp³-hybridized carbons (Fsp3) is 0.500. The predicted octanol–water partition coefficient (Wildman–Crippen LogP) is 2.88. The highest BCUT2D eigenvalue weighted by Crippen LogP contribution is 2.41. The molecule has 0 aliphatic carbocycles. The molecule has 6 nitrogen and oxygen atoms in total. The molecule has 2 atom stereocenters. The van der Waals surface area contributed by atoms with E-state index in [0.29, 0.717) is 18.7 Å². The summed E-state index contributed by atoms with van der Waals surface area (Å²) in [6, 6.07) is 5.69. The second-order valence-electron chi connectivity index (χ2n) is 7.93. The van der Waals surface area contributed by atoms with Crippen LogP contribution in [-0.2, 0) is 14.3 Å². The maximum absolute atomic E-state index is 13.0. The van der Waals surface area contributed by atoms with Crippen molar-refractivity contribution in [2.75, 3.05) is 13.2 Å². The number of ketones is 1. The Morgan fingerprint density at radius 2 is 1.88 bits per heavy atom. The Kier molecular flexibility index (Phi) is 4.80. The van der Waals surface area contributed by atoms with Gasteiger partial charge in [0.15, 0.2) is 11.5 Å². The van der Waals surface area contributed by atoms with E-state index in [2.05, 4.69) is 0 Å². The summed E-state index contributed by atoms with van der Waals surface area (Å²) in [5.74, 6) is -1.20. The van der Waals surface area contributed by atoms with Crippen molar-refractivity contribution in [1.29, 1.82) is 0 Å². The lowest BCUT2D eigenvalue weighted by molar-refractivity contribution is -0.131. The van der Waals surface area contributed by atoms with Gasteiger partial charge >= 0.3 is 0 Å². The van der Waals surface area contributed by atoms with Crippen LogP contribution in [0.1, 0.15) is 45.2 Å². The molecule has 0 aromatic heterocycles. The van der Waals surface area contributed by atoms with Gasteiger partial charge in [0.05, 0.1) is 17.7 Å². The zero-order valence-corrected chi connectivity index (χ0v) is 15.4. The average Bonchev–Trinajstić information content (AvgIpc) is 3.17. The Labute approximate surface area is 153 Å². The fourth-order valence-corrected chi connectivity index (χ4v) is 3.49. The summed E-state index contributed by atoms with van der Waals surface area (Å²) in [4.78, 5) is 27.2. The number of Topliss-reactive ketones (excluding diaryl/α,β-unsaturated/α-hetero) is 1. The number of phenols is 1. The molecule has 2 N–H and O–H groups in total. The summed E-state index contributed by atoms with van der Waals surface area (Å²) in [5.41, 5.74) is 0.0514. The first-order valence-electron chi connectivity index (χ1n) is 8.89.